The molecule has 0 bridgehead atoms. The van der Waals surface area contributed by atoms with Crippen LogP contribution in [0.25, 0.3) is 0 Å². The minimum Gasteiger partial charge on any atom is -0.480 e. The van der Waals surface area contributed by atoms with Gasteiger partial charge in [0.15, 0.2) is 0 Å². The number of hydrogen-bond donors (Lipinski definition) is 2. The van der Waals surface area contributed by atoms with E-state index in [1.165, 1.54) is 10.6 Å². The highest BCUT2D eigenvalue weighted by Crippen LogP contribution is 2.12. The molecule has 90 valence electrons. The first kappa shape index (κ1) is 13.1. The Morgan fingerprint density at radius 3 is 2.76 bits per heavy atom. The van der Waals surface area contributed by atoms with E-state index in [9.17, 15) is 9.59 Å². The second-order valence-corrected chi connectivity index (χ2v) is 3.86. The molecule has 0 spiro atoms. The van der Waals surface area contributed by atoms with Gasteiger partial charge in [-0.1, -0.05) is 11.6 Å². The monoisotopic (exact) mass is 254 g/mol. The fourth-order valence-electron chi connectivity index (χ4n) is 1.30. The lowest BCUT2D eigenvalue weighted by Crippen LogP contribution is -2.41. The molecule has 0 radical (unpaired) electrons. The zero-order valence-electron chi connectivity index (χ0n) is 9.11. The zero-order chi connectivity index (χ0) is 13.0. The maximum atomic E-state index is 11.7. The number of carboxylic acid groups (broad SMARTS) is 1. The van der Waals surface area contributed by atoms with Gasteiger partial charge in [-0.05, 0) is 6.07 Å². The van der Waals surface area contributed by atoms with E-state index in [4.69, 9.17) is 23.1 Å². The number of nitrogens with zero attached hydrogens (tertiary/aromatic N) is 1. The topological polar surface area (TPSA) is 71.3 Å². The molecule has 17 heavy (non-hydrogen) atoms. The summed E-state index contributed by atoms with van der Waals surface area (Å²) >= 11 is 5.72. The maximum Gasteiger partial charge on any atom is 0.327 e. The Balaban J connectivity index is 2.81. The number of terminal acetylenes is 1. The minimum atomic E-state index is -1.17. The van der Waals surface area contributed by atoms with Crippen LogP contribution in [0.15, 0.2) is 12.3 Å². The molecule has 0 aliphatic carbocycles. The number of aromatic nitrogens is 1. The molecule has 1 aromatic heterocycles. The summed E-state index contributed by atoms with van der Waals surface area (Å²) in [5.41, 5.74) is 0.276. The van der Waals surface area contributed by atoms with Crippen molar-refractivity contribution in [3.8, 4) is 12.3 Å². The Hall–Kier alpha value is -1.93. The summed E-state index contributed by atoms with van der Waals surface area (Å²) in [6.45, 7) is 0. The Morgan fingerprint density at radius 1 is 1.71 bits per heavy atom. The van der Waals surface area contributed by atoms with Crippen LogP contribution >= 0.6 is 11.6 Å². The van der Waals surface area contributed by atoms with Gasteiger partial charge in [-0.15, -0.1) is 12.3 Å². The highest BCUT2D eigenvalue weighted by atomic mass is 35.5. The van der Waals surface area contributed by atoms with Crippen molar-refractivity contribution in [1.29, 1.82) is 0 Å². The first-order chi connectivity index (χ1) is 7.95. The Labute approximate surface area is 103 Å². The highest BCUT2D eigenvalue weighted by Gasteiger charge is 2.21. The van der Waals surface area contributed by atoms with Crippen LogP contribution in [0.1, 0.15) is 16.9 Å². The van der Waals surface area contributed by atoms with Crippen molar-refractivity contribution in [3.05, 3.63) is 23.0 Å². The number of amides is 1. The van der Waals surface area contributed by atoms with Crippen LogP contribution in [0.2, 0.25) is 5.02 Å². The molecule has 1 heterocycles. The van der Waals surface area contributed by atoms with Crippen molar-refractivity contribution in [2.24, 2.45) is 7.05 Å². The summed E-state index contributed by atoms with van der Waals surface area (Å²) in [5.74, 6) is 0.502. The van der Waals surface area contributed by atoms with Crippen LogP contribution in [-0.2, 0) is 11.8 Å². The Kier molecular flexibility index (Phi) is 4.18. The lowest BCUT2D eigenvalue weighted by molar-refractivity contribution is -0.139. The van der Waals surface area contributed by atoms with E-state index in [0.717, 1.165) is 0 Å². The minimum absolute atomic E-state index is 0.0702. The van der Waals surface area contributed by atoms with E-state index in [-0.39, 0.29) is 12.1 Å². The van der Waals surface area contributed by atoms with Crippen molar-refractivity contribution in [3.63, 3.8) is 0 Å². The molecular weight excluding hydrogens is 244 g/mol. The molecule has 1 rings (SSSR count). The summed E-state index contributed by atoms with van der Waals surface area (Å²) in [4.78, 5) is 22.5. The van der Waals surface area contributed by atoms with Gasteiger partial charge in [0.05, 0.1) is 5.02 Å². The first-order valence-electron chi connectivity index (χ1n) is 4.74. The molecule has 0 aliphatic rings. The summed E-state index contributed by atoms with van der Waals surface area (Å²) < 4.78 is 1.51. The van der Waals surface area contributed by atoms with Crippen molar-refractivity contribution in [2.75, 3.05) is 0 Å². The average Bonchev–Trinajstić information content (AvgIpc) is 2.57. The van der Waals surface area contributed by atoms with Crippen LogP contribution < -0.4 is 5.32 Å². The van der Waals surface area contributed by atoms with E-state index in [0.29, 0.717) is 5.02 Å². The highest BCUT2D eigenvalue weighted by molar-refractivity contribution is 6.31. The van der Waals surface area contributed by atoms with E-state index in [1.807, 2.05) is 0 Å². The number of aryl methyl sites for hydroxylation is 1. The summed E-state index contributed by atoms with van der Waals surface area (Å²) in [6.07, 6.45) is 6.50. The predicted octanol–water partition coefficient (Wildman–Crippen LogP) is 0.885. The molecule has 1 aromatic rings. The largest absolute Gasteiger partial charge is 0.480 e. The van der Waals surface area contributed by atoms with E-state index >= 15 is 0 Å². The Bertz CT molecular complexity index is 487. The van der Waals surface area contributed by atoms with E-state index in [1.54, 1.807) is 13.2 Å². The predicted molar refractivity (Wildman–Crippen MR) is 62.8 cm³/mol. The third-order valence-corrected chi connectivity index (χ3v) is 2.34. The van der Waals surface area contributed by atoms with Gasteiger partial charge in [0.1, 0.15) is 11.7 Å². The van der Waals surface area contributed by atoms with Gasteiger partial charge in [0, 0.05) is 19.7 Å². The molecule has 0 aliphatic heterocycles. The van der Waals surface area contributed by atoms with Crippen molar-refractivity contribution < 1.29 is 14.7 Å². The van der Waals surface area contributed by atoms with Crippen LogP contribution in [-0.4, -0.2) is 27.6 Å². The molecule has 1 unspecified atom stereocenters. The van der Waals surface area contributed by atoms with Crippen LogP contribution in [0.3, 0.4) is 0 Å². The summed E-state index contributed by atoms with van der Waals surface area (Å²) in [5, 5.41) is 11.6. The van der Waals surface area contributed by atoms with Gasteiger partial charge in [-0.2, -0.15) is 0 Å². The van der Waals surface area contributed by atoms with Crippen molar-refractivity contribution in [1.82, 2.24) is 9.88 Å². The number of halogens is 1. The van der Waals surface area contributed by atoms with Crippen molar-refractivity contribution >= 4 is 23.5 Å². The molecule has 0 aromatic carbocycles. The van der Waals surface area contributed by atoms with Crippen LogP contribution in [0.5, 0.6) is 0 Å². The van der Waals surface area contributed by atoms with Gasteiger partial charge in [-0.25, -0.2) is 4.79 Å². The average molecular weight is 255 g/mol. The standard InChI is InChI=1S/C11H11ClN2O3/c1-3-4-8(11(16)17)13-10(15)9-5-7(12)6-14(9)2/h1,5-6,8H,4H2,2H3,(H,13,15)(H,16,17). The third kappa shape index (κ3) is 3.26. The first-order valence-corrected chi connectivity index (χ1v) is 5.12. The molecule has 6 heteroatoms. The fourth-order valence-corrected chi connectivity index (χ4v) is 1.55. The SMILES string of the molecule is C#CCC(NC(=O)c1cc(Cl)cn1C)C(=O)O. The number of carbonyl (C=O) groups is 2. The lowest BCUT2D eigenvalue weighted by atomic mass is 10.2. The number of rotatable bonds is 4. The Morgan fingerprint density at radius 2 is 2.35 bits per heavy atom. The number of nitrogens with one attached hydrogen (secondary N) is 1. The molecule has 1 atom stereocenters. The molecule has 2 N–H and O–H groups in total. The van der Waals surface area contributed by atoms with E-state index < -0.39 is 17.9 Å². The molecule has 0 fully saturated rings. The molecule has 1 amide bonds. The van der Waals surface area contributed by atoms with E-state index in [2.05, 4.69) is 11.2 Å². The van der Waals surface area contributed by atoms with Crippen molar-refractivity contribution in [2.45, 2.75) is 12.5 Å². The van der Waals surface area contributed by atoms with Crippen LogP contribution in [0, 0.1) is 12.3 Å². The normalized spacial score (nSPS) is 11.6. The van der Waals surface area contributed by atoms with Crippen LogP contribution in [0.4, 0.5) is 0 Å². The number of hydrogen-bond acceptors (Lipinski definition) is 2. The quantitative estimate of drug-likeness (QED) is 0.784. The second-order valence-electron chi connectivity index (χ2n) is 3.43. The zero-order valence-corrected chi connectivity index (χ0v) is 9.86. The summed E-state index contributed by atoms with van der Waals surface area (Å²) in [6, 6.07) is 0.354. The summed E-state index contributed by atoms with van der Waals surface area (Å²) in [7, 11) is 1.64. The van der Waals surface area contributed by atoms with Gasteiger partial charge in [-0.3, -0.25) is 4.79 Å². The fraction of sp³-hybridized carbons (Fsp3) is 0.273. The number of carbonyl (C=O) groups excluding carboxylic acids is 1. The number of carboxylic acids is 1. The third-order valence-electron chi connectivity index (χ3n) is 2.13. The second kappa shape index (κ2) is 5.41. The lowest BCUT2D eigenvalue weighted by Gasteiger charge is -2.11. The maximum absolute atomic E-state index is 11.7. The van der Waals surface area contributed by atoms with Gasteiger partial charge in [0.2, 0.25) is 0 Å². The number of aliphatic carboxylic acids is 1. The van der Waals surface area contributed by atoms with Gasteiger partial charge in [0.25, 0.3) is 5.91 Å². The molecule has 5 nitrogen and oxygen atoms in total. The smallest absolute Gasteiger partial charge is 0.327 e. The molecular formula is C11H11ClN2O3. The molecule has 0 saturated heterocycles. The molecule has 0 saturated carbocycles. The van der Waals surface area contributed by atoms with Gasteiger partial charge < -0.3 is 15.0 Å². The van der Waals surface area contributed by atoms with Gasteiger partial charge >= 0.3 is 5.97 Å².